The summed E-state index contributed by atoms with van der Waals surface area (Å²) in [5.41, 5.74) is 2.78. The molecule has 0 aliphatic rings. The number of nitriles is 1. The number of hydrogen-bond acceptors (Lipinski definition) is 6. The van der Waals surface area contributed by atoms with Crippen LogP contribution >= 0.6 is 11.8 Å². The number of thioether (sulfide) groups is 1. The average Bonchev–Trinajstić information content (AvgIpc) is 2.51. The number of nitrogens with zero attached hydrogens (tertiary/aromatic N) is 2. The maximum Gasteiger partial charge on any atom is 0.219 e. The Labute approximate surface area is 134 Å². The molecular formula is C16H18N4OS. The van der Waals surface area contributed by atoms with E-state index in [-0.39, 0.29) is 5.50 Å². The Bertz CT molecular complexity index is 647. The third-order valence-electron chi connectivity index (χ3n) is 3.03. The van der Waals surface area contributed by atoms with Crippen LogP contribution in [-0.4, -0.2) is 16.7 Å². The van der Waals surface area contributed by atoms with E-state index in [1.807, 2.05) is 56.6 Å². The van der Waals surface area contributed by atoms with Crippen molar-refractivity contribution in [2.75, 3.05) is 11.6 Å². The van der Waals surface area contributed by atoms with Crippen molar-refractivity contribution in [2.45, 2.75) is 19.3 Å². The van der Waals surface area contributed by atoms with Gasteiger partial charge in [0, 0.05) is 18.0 Å². The van der Waals surface area contributed by atoms with Crippen LogP contribution in [0.3, 0.4) is 0 Å². The highest BCUT2D eigenvalue weighted by Crippen LogP contribution is 2.31. The lowest BCUT2D eigenvalue weighted by atomic mass is 10.1. The molecule has 0 aliphatic heterocycles. The molecule has 1 aromatic carbocycles. The Morgan fingerprint density at radius 3 is 2.55 bits per heavy atom. The van der Waals surface area contributed by atoms with Gasteiger partial charge in [-0.3, -0.25) is 5.32 Å². The van der Waals surface area contributed by atoms with Crippen LogP contribution in [0.1, 0.15) is 11.1 Å². The van der Waals surface area contributed by atoms with Crippen molar-refractivity contribution in [3.8, 4) is 17.8 Å². The molecular weight excluding hydrogens is 296 g/mol. The highest BCUT2D eigenvalue weighted by atomic mass is 32.2. The first-order valence-electron chi connectivity index (χ1n) is 6.78. The smallest absolute Gasteiger partial charge is 0.219 e. The van der Waals surface area contributed by atoms with Crippen molar-refractivity contribution in [3.05, 3.63) is 47.7 Å². The summed E-state index contributed by atoms with van der Waals surface area (Å²) in [5, 5.41) is 14.7. The zero-order chi connectivity index (χ0) is 15.9. The van der Waals surface area contributed by atoms with Gasteiger partial charge in [-0.1, -0.05) is 6.07 Å². The minimum absolute atomic E-state index is 0.161. The molecule has 1 heterocycles. The van der Waals surface area contributed by atoms with Crippen molar-refractivity contribution in [1.82, 2.24) is 10.3 Å². The van der Waals surface area contributed by atoms with Gasteiger partial charge in [-0.05, 0) is 49.4 Å². The Kier molecular flexibility index (Phi) is 5.50. The molecule has 6 heteroatoms. The molecule has 0 saturated heterocycles. The minimum Gasteiger partial charge on any atom is -0.438 e. The SMILES string of the molecule is CSC(NC#N)Nc1cc(C)c(Oc2ccccn2)c(C)c1. The number of benzene rings is 1. The van der Waals surface area contributed by atoms with E-state index in [2.05, 4.69) is 15.6 Å². The average molecular weight is 314 g/mol. The van der Waals surface area contributed by atoms with Gasteiger partial charge in [0.2, 0.25) is 5.88 Å². The van der Waals surface area contributed by atoms with Gasteiger partial charge < -0.3 is 10.1 Å². The van der Waals surface area contributed by atoms with Gasteiger partial charge in [-0.25, -0.2) is 4.98 Å². The van der Waals surface area contributed by atoms with Crippen LogP contribution in [0.25, 0.3) is 0 Å². The summed E-state index contributed by atoms with van der Waals surface area (Å²) < 4.78 is 5.86. The Morgan fingerprint density at radius 2 is 2.00 bits per heavy atom. The topological polar surface area (TPSA) is 70.0 Å². The monoisotopic (exact) mass is 314 g/mol. The maximum absolute atomic E-state index is 8.72. The van der Waals surface area contributed by atoms with Gasteiger partial charge in [-0.15, -0.1) is 11.8 Å². The molecule has 0 spiro atoms. The largest absolute Gasteiger partial charge is 0.438 e. The van der Waals surface area contributed by atoms with E-state index >= 15 is 0 Å². The van der Waals surface area contributed by atoms with Crippen LogP contribution in [0.2, 0.25) is 0 Å². The second-order valence-electron chi connectivity index (χ2n) is 4.73. The van der Waals surface area contributed by atoms with Gasteiger partial charge in [0.05, 0.1) is 0 Å². The predicted octanol–water partition coefficient (Wildman–Crippen LogP) is 3.62. The molecule has 2 rings (SSSR count). The Morgan fingerprint density at radius 1 is 1.27 bits per heavy atom. The molecule has 0 saturated carbocycles. The maximum atomic E-state index is 8.72. The van der Waals surface area contributed by atoms with Crippen LogP contribution in [-0.2, 0) is 0 Å². The lowest BCUT2D eigenvalue weighted by Crippen LogP contribution is -2.29. The van der Waals surface area contributed by atoms with E-state index in [1.165, 1.54) is 11.8 Å². The molecule has 114 valence electrons. The van der Waals surface area contributed by atoms with Crippen LogP contribution < -0.4 is 15.4 Å². The lowest BCUT2D eigenvalue weighted by molar-refractivity contribution is 0.456. The fraction of sp³-hybridized carbons (Fsp3) is 0.250. The quantitative estimate of drug-likeness (QED) is 0.482. The van der Waals surface area contributed by atoms with E-state index in [9.17, 15) is 0 Å². The second kappa shape index (κ2) is 7.57. The summed E-state index contributed by atoms with van der Waals surface area (Å²) in [6.45, 7) is 3.98. The summed E-state index contributed by atoms with van der Waals surface area (Å²) >= 11 is 1.52. The van der Waals surface area contributed by atoms with E-state index < -0.39 is 0 Å². The number of aromatic nitrogens is 1. The zero-order valence-corrected chi connectivity index (χ0v) is 13.6. The number of ether oxygens (including phenoxy) is 1. The summed E-state index contributed by atoms with van der Waals surface area (Å²) in [6.07, 6.45) is 5.58. The Hall–Kier alpha value is -2.39. The van der Waals surface area contributed by atoms with Crippen molar-refractivity contribution in [2.24, 2.45) is 0 Å². The summed E-state index contributed by atoms with van der Waals surface area (Å²) in [7, 11) is 0. The summed E-state index contributed by atoms with van der Waals surface area (Å²) in [4.78, 5) is 4.18. The van der Waals surface area contributed by atoms with Crippen LogP contribution in [0, 0.1) is 25.3 Å². The first kappa shape index (κ1) is 16.0. The standard InChI is InChI=1S/C16H18N4OS/c1-11-8-13(20-16(22-3)19-10-17)9-12(2)15(11)21-14-6-4-5-7-18-14/h4-9,16,19-20H,1-3H3. The van der Waals surface area contributed by atoms with E-state index in [4.69, 9.17) is 10.00 Å². The molecule has 5 nitrogen and oxygen atoms in total. The van der Waals surface area contributed by atoms with Gasteiger partial charge in [0.25, 0.3) is 0 Å². The number of pyridine rings is 1. The van der Waals surface area contributed by atoms with Crippen molar-refractivity contribution in [3.63, 3.8) is 0 Å². The predicted molar refractivity (Wildman–Crippen MR) is 89.9 cm³/mol. The first-order chi connectivity index (χ1) is 10.6. The van der Waals surface area contributed by atoms with Crippen molar-refractivity contribution >= 4 is 17.4 Å². The molecule has 0 amide bonds. The highest BCUT2D eigenvalue weighted by Gasteiger charge is 2.11. The second-order valence-corrected chi connectivity index (χ2v) is 5.67. The minimum atomic E-state index is -0.161. The highest BCUT2D eigenvalue weighted by molar-refractivity contribution is 7.99. The molecule has 2 aromatic rings. The molecule has 1 aromatic heterocycles. The van der Waals surface area contributed by atoms with Crippen molar-refractivity contribution in [1.29, 1.82) is 5.26 Å². The summed E-state index contributed by atoms with van der Waals surface area (Å²) in [6, 6.07) is 9.55. The Balaban J connectivity index is 2.20. The van der Waals surface area contributed by atoms with Gasteiger partial charge in [0.15, 0.2) is 11.7 Å². The van der Waals surface area contributed by atoms with Crippen LogP contribution in [0.5, 0.6) is 11.6 Å². The number of hydrogen-bond donors (Lipinski definition) is 2. The first-order valence-corrected chi connectivity index (χ1v) is 8.07. The van der Waals surface area contributed by atoms with E-state index in [0.29, 0.717) is 5.88 Å². The third-order valence-corrected chi connectivity index (χ3v) is 3.74. The zero-order valence-electron chi connectivity index (χ0n) is 12.8. The molecule has 2 N–H and O–H groups in total. The van der Waals surface area contributed by atoms with Crippen LogP contribution in [0.15, 0.2) is 36.5 Å². The van der Waals surface area contributed by atoms with Crippen LogP contribution in [0.4, 0.5) is 5.69 Å². The van der Waals surface area contributed by atoms with E-state index in [0.717, 1.165) is 22.6 Å². The molecule has 0 fully saturated rings. The molecule has 0 radical (unpaired) electrons. The molecule has 1 atom stereocenters. The normalized spacial score (nSPS) is 11.4. The molecule has 0 bridgehead atoms. The van der Waals surface area contributed by atoms with Gasteiger partial charge >= 0.3 is 0 Å². The number of nitrogens with one attached hydrogen (secondary N) is 2. The molecule has 1 unspecified atom stereocenters. The van der Waals surface area contributed by atoms with Crippen molar-refractivity contribution < 1.29 is 4.74 Å². The van der Waals surface area contributed by atoms with Gasteiger partial charge in [-0.2, -0.15) is 5.26 Å². The summed E-state index contributed by atoms with van der Waals surface area (Å²) in [5.74, 6) is 1.38. The third kappa shape index (κ3) is 4.06. The molecule has 22 heavy (non-hydrogen) atoms. The van der Waals surface area contributed by atoms with E-state index in [1.54, 1.807) is 6.20 Å². The fourth-order valence-electron chi connectivity index (χ4n) is 2.07. The fourth-order valence-corrected chi connectivity index (χ4v) is 2.50. The van der Waals surface area contributed by atoms with Gasteiger partial charge in [0.1, 0.15) is 5.75 Å². The number of aryl methyl sites for hydroxylation is 2. The molecule has 0 aliphatic carbocycles. The number of anilines is 1. The lowest BCUT2D eigenvalue weighted by Gasteiger charge is -2.18. The number of rotatable bonds is 6.